The number of anilines is 1. The summed E-state index contributed by atoms with van der Waals surface area (Å²) in [6, 6.07) is 16.1. The Labute approximate surface area is 201 Å². The van der Waals surface area contributed by atoms with Crippen LogP contribution in [0, 0.1) is 11.2 Å². The second-order valence-corrected chi connectivity index (χ2v) is 8.72. The molecule has 0 saturated heterocycles. The summed E-state index contributed by atoms with van der Waals surface area (Å²) >= 11 is 6.04. The van der Waals surface area contributed by atoms with Crippen LogP contribution in [0.3, 0.4) is 0 Å². The molecule has 5 rings (SSSR count). The largest absolute Gasteiger partial charge is 0.507 e. The Bertz CT molecular complexity index is 1330. The number of allylic oxidation sites excluding steroid dienone is 2. The number of carbonyl (C=O) groups excluding carboxylic acids is 1. The number of Topliss-reactive ketones (excluding diaryl/α,β-unsaturated/α-hetero) is 1. The number of pyridine rings is 1. The van der Waals surface area contributed by atoms with Gasteiger partial charge in [-0.2, -0.15) is 0 Å². The SMILES string of the molecule is N=C1/C(=C(/O)c2ccc(Cl)cc2)C(c2ccc(F)cc2)C2=C(CCCC2=O)N1c1cccnc1. The highest BCUT2D eigenvalue weighted by Crippen LogP contribution is 2.47. The predicted molar refractivity (Wildman–Crippen MR) is 130 cm³/mol. The second-order valence-electron chi connectivity index (χ2n) is 8.29. The number of amidine groups is 1. The molecule has 1 unspecified atom stereocenters. The maximum absolute atomic E-state index is 13.8. The van der Waals surface area contributed by atoms with Gasteiger partial charge in [-0.1, -0.05) is 23.7 Å². The summed E-state index contributed by atoms with van der Waals surface area (Å²) in [6.07, 6.45) is 4.92. The number of ketones is 1. The van der Waals surface area contributed by atoms with Crippen molar-refractivity contribution in [3.63, 3.8) is 0 Å². The van der Waals surface area contributed by atoms with Crippen LogP contribution in [0.5, 0.6) is 0 Å². The molecule has 0 bridgehead atoms. The molecule has 1 atom stereocenters. The molecular formula is C27H21ClFN3O2. The van der Waals surface area contributed by atoms with Gasteiger partial charge in [-0.3, -0.25) is 20.1 Å². The smallest absolute Gasteiger partial charge is 0.161 e. The molecule has 2 heterocycles. The van der Waals surface area contributed by atoms with Crippen molar-refractivity contribution in [1.29, 1.82) is 5.41 Å². The highest BCUT2D eigenvalue weighted by Gasteiger charge is 2.43. The molecule has 2 aliphatic rings. The zero-order valence-electron chi connectivity index (χ0n) is 18.1. The van der Waals surface area contributed by atoms with Crippen LogP contribution in [0.25, 0.3) is 5.76 Å². The molecule has 7 heteroatoms. The number of carbonyl (C=O) groups is 1. The first-order chi connectivity index (χ1) is 16.5. The lowest BCUT2D eigenvalue weighted by Crippen LogP contribution is -2.42. The van der Waals surface area contributed by atoms with Crippen LogP contribution in [0.4, 0.5) is 10.1 Å². The van der Waals surface area contributed by atoms with Crippen molar-refractivity contribution in [1.82, 2.24) is 4.98 Å². The maximum Gasteiger partial charge on any atom is 0.161 e. The van der Waals surface area contributed by atoms with E-state index in [0.29, 0.717) is 46.7 Å². The zero-order valence-corrected chi connectivity index (χ0v) is 18.9. The number of aromatic nitrogens is 1. The van der Waals surface area contributed by atoms with Gasteiger partial charge < -0.3 is 5.11 Å². The van der Waals surface area contributed by atoms with Gasteiger partial charge in [0.25, 0.3) is 0 Å². The van der Waals surface area contributed by atoms with Crippen molar-refractivity contribution < 1.29 is 14.3 Å². The molecule has 34 heavy (non-hydrogen) atoms. The van der Waals surface area contributed by atoms with E-state index < -0.39 is 11.7 Å². The molecule has 3 aromatic rings. The average molecular weight is 474 g/mol. The van der Waals surface area contributed by atoms with Gasteiger partial charge in [0.2, 0.25) is 0 Å². The lowest BCUT2D eigenvalue weighted by molar-refractivity contribution is -0.116. The molecule has 0 radical (unpaired) electrons. The van der Waals surface area contributed by atoms with Crippen LogP contribution in [0.2, 0.25) is 5.02 Å². The number of hydrogen-bond donors (Lipinski definition) is 2. The minimum Gasteiger partial charge on any atom is -0.507 e. The van der Waals surface area contributed by atoms with Crippen LogP contribution in [0.15, 0.2) is 89.9 Å². The predicted octanol–water partition coefficient (Wildman–Crippen LogP) is 6.43. The van der Waals surface area contributed by atoms with Crippen LogP contribution in [-0.2, 0) is 4.79 Å². The molecule has 5 nitrogen and oxygen atoms in total. The third-order valence-corrected chi connectivity index (χ3v) is 6.49. The first-order valence-electron chi connectivity index (χ1n) is 11.0. The number of aliphatic hydroxyl groups excluding tert-OH is 1. The van der Waals surface area contributed by atoms with Gasteiger partial charge >= 0.3 is 0 Å². The van der Waals surface area contributed by atoms with Gasteiger partial charge in [0.1, 0.15) is 17.4 Å². The highest BCUT2D eigenvalue weighted by atomic mass is 35.5. The minimum absolute atomic E-state index is 0.0432. The fourth-order valence-corrected chi connectivity index (χ4v) is 4.84. The molecule has 170 valence electrons. The fourth-order valence-electron chi connectivity index (χ4n) is 4.71. The quantitative estimate of drug-likeness (QED) is 0.429. The van der Waals surface area contributed by atoms with Crippen molar-refractivity contribution >= 4 is 34.7 Å². The second kappa shape index (κ2) is 8.88. The zero-order chi connectivity index (χ0) is 23.8. The van der Waals surface area contributed by atoms with E-state index in [1.54, 1.807) is 59.8 Å². The number of rotatable bonds is 3. The molecule has 2 aromatic carbocycles. The summed E-state index contributed by atoms with van der Waals surface area (Å²) in [7, 11) is 0. The Morgan fingerprint density at radius 3 is 2.50 bits per heavy atom. The van der Waals surface area contributed by atoms with E-state index in [1.165, 1.54) is 12.1 Å². The van der Waals surface area contributed by atoms with Crippen LogP contribution < -0.4 is 4.90 Å². The monoisotopic (exact) mass is 473 g/mol. The van der Waals surface area contributed by atoms with Crippen molar-refractivity contribution in [3.05, 3.63) is 112 Å². The van der Waals surface area contributed by atoms with E-state index in [4.69, 9.17) is 11.6 Å². The molecule has 0 spiro atoms. The molecule has 2 N–H and O–H groups in total. The van der Waals surface area contributed by atoms with Gasteiger partial charge in [0.15, 0.2) is 5.78 Å². The Hall–Kier alpha value is -3.77. The van der Waals surface area contributed by atoms with Crippen LogP contribution >= 0.6 is 11.6 Å². The molecule has 0 amide bonds. The number of aliphatic hydroxyl groups is 1. The molecule has 1 aliphatic carbocycles. The number of benzene rings is 2. The molecule has 0 fully saturated rings. The number of nitrogens with zero attached hydrogens (tertiary/aromatic N) is 2. The lowest BCUT2D eigenvalue weighted by atomic mass is 9.73. The number of hydrogen-bond acceptors (Lipinski definition) is 4. The van der Waals surface area contributed by atoms with Gasteiger partial charge in [0, 0.05) is 46.0 Å². The fraction of sp³-hybridized carbons (Fsp3) is 0.148. The Morgan fingerprint density at radius 2 is 1.82 bits per heavy atom. The third kappa shape index (κ3) is 3.80. The molecule has 1 aromatic heterocycles. The van der Waals surface area contributed by atoms with E-state index in [1.807, 2.05) is 6.07 Å². The lowest BCUT2D eigenvalue weighted by Gasteiger charge is -2.41. The molecular weight excluding hydrogens is 453 g/mol. The number of halogens is 2. The summed E-state index contributed by atoms with van der Waals surface area (Å²) < 4.78 is 13.8. The summed E-state index contributed by atoms with van der Waals surface area (Å²) in [5.41, 5.74) is 3.25. The summed E-state index contributed by atoms with van der Waals surface area (Å²) in [5, 5.41) is 21.2. The minimum atomic E-state index is -0.709. The summed E-state index contributed by atoms with van der Waals surface area (Å²) in [4.78, 5) is 19.2. The normalized spacial score (nSPS) is 19.8. The van der Waals surface area contributed by atoms with Gasteiger partial charge in [-0.05, 0) is 66.9 Å². The average Bonchev–Trinajstić information content (AvgIpc) is 2.85. The van der Waals surface area contributed by atoms with E-state index in [0.717, 1.165) is 5.70 Å². The summed E-state index contributed by atoms with van der Waals surface area (Å²) in [5.74, 6) is -1.24. The first-order valence-corrected chi connectivity index (χ1v) is 11.3. The van der Waals surface area contributed by atoms with Gasteiger partial charge in [-0.15, -0.1) is 0 Å². The first kappa shape index (κ1) is 22.0. The Morgan fingerprint density at radius 1 is 1.09 bits per heavy atom. The van der Waals surface area contributed by atoms with Crippen LogP contribution in [0.1, 0.15) is 36.3 Å². The van der Waals surface area contributed by atoms with Crippen molar-refractivity contribution in [3.8, 4) is 0 Å². The van der Waals surface area contributed by atoms with Crippen molar-refractivity contribution in [2.45, 2.75) is 25.2 Å². The van der Waals surface area contributed by atoms with Gasteiger partial charge in [0.05, 0.1) is 11.9 Å². The number of nitrogens with one attached hydrogen (secondary N) is 1. The Kier molecular flexibility index (Phi) is 5.75. The maximum atomic E-state index is 13.8. The van der Waals surface area contributed by atoms with E-state index in [9.17, 15) is 19.7 Å². The third-order valence-electron chi connectivity index (χ3n) is 6.23. The van der Waals surface area contributed by atoms with E-state index >= 15 is 0 Å². The van der Waals surface area contributed by atoms with E-state index in [-0.39, 0.29) is 23.0 Å². The standard InChI is InChI=1S/C27H21ClFN3O2/c28-18-10-6-17(7-11-18)26(34)25-23(16-8-12-19(29)13-9-16)24-21(4-1-5-22(24)33)32(27(25)30)20-3-2-14-31-15-20/h2-3,6-15,23,30,34H,1,4-5H2/b26-25+,30-27?. The highest BCUT2D eigenvalue weighted by molar-refractivity contribution is 6.30. The van der Waals surface area contributed by atoms with Gasteiger partial charge in [-0.25, -0.2) is 4.39 Å². The Balaban J connectivity index is 1.82. The van der Waals surface area contributed by atoms with Crippen LogP contribution in [-0.4, -0.2) is 21.7 Å². The summed E-state index contributed by atoms with van der Waals surface area (Å²) in [6.45, 7) is 0. The molecule has 0 saturated carbocycles. The van der Waals surface area contributed by atoms with E-state index in [2.05, 4.69) is 4.98 Å². The molecule has 1 aliphatic heterocycles. The van der Waals surface area contributed by atoms with Crippen molar-refractivity contribution in [2.24, 2.45) is 0 Å². The van der Waals surface area contributed by atoms with Crippen molar-refractivity contribution in [2.75, 3.05) is 4.90 Å². The topological polar surface area (TPSA) is 77.3 Å².